The van der Waals surface area contributed by atoms with E-state index in [0.29, 0.717) is 12.2 Å². The predicted octanol–water partition coefficient (Wildman–Crippen LogP) is 3.12. The van der Waals surface area contributed by atoms with Gasteiger partial charge in [0.2, 0.25) is 0 Å². The Morgan fingerprint density at radius 2 is 2.12 bits per heavy atom. The van der Waals surface area contributed by atoms with Crippen LogP contribution in [-0.2, 0) is 0 Å². The molecule has 2 heterocycles. The van der Waals surface area contributed by atoms with Crippen molar-refractivity contribution in [3.05, 3.63) is 21.9 Å². The van der Waals surface area contributed by atoms with Crippen molar-refractivity contribution in [3.63, 3.8) is 0 Å². The van der Waals surface area contributed by atoms with Crippen molar-refractivity contribution in [2.75, 3.05) is 19.6 Å². The number of carbonyl (C=O) groups is 1. The Morgan fingerprint density at radius 1 is 1.38 bits per heavy atom. The van der Waals surface area contributed by atoms with Crippen LogP contribution >= 0.6 is 11.3 Å². The van der Waals surface area contributed by atoms with Crippen LogP contribution in [0.5, 0.6) is 0 Å². The van der Waals surface area contributed by atoms with Crippen LogP contribution in [0.15, 0.2) is 12.1 Å². The number of carbonyl (C=O) groups excluding carboxylic acids is 1. The number of hydrogen-bond acceptors (Lipinski definition) is 3. The van der Waals surface area contributed by atoms with Crippen molar-refractivity contribution in [3.8, 4) is 0 Å². The summed E-state index contributed by atoms with van der Waals surface area (Å²) in [6.07, 6.45) is 4.38. The van der Waals surface area contributed by atoms with Gasteiger partial charge in [0, 0.05) is 11.3 Å². The molecule has 0 N–H and O–H groups in total. The minimum atomic E-state index is 0.317. The number of likely N-dealkylation sites (tertiary alicyclic amines) is 1. The highest BCUT2D eigenvalue weighted by molar-refractivity contribution is 7.14. The number of Topliss-reactive ketones (excluding diaryl/α,β-unsaturated/α-hetero) is 1. The van der Waals surface area contributed by atoms with E-state index in [0.717, 1.165) is 17.8 Å². The highest BCUT2D eigenvalue weighted by atomic mass is 32.1. The first-order valence-electron chi connectivity index (χ1n) is 6.08. The molecular weight excluding hydrogens is 218 g/mol. The summed E-state index contributed by atoms with van der Waals surface area (Å²) in [5.74, 6) is 0.317. The van der Waals surface area contributed by atoms with Gasteiger partial charge in [-0.1, -0.05) is 0 Å². The maximum Gasteiger partial charge on any atom is 0.172 e. The molecule has 1 aromatic heterocycles. The Labute approximate surface area is 101 Å². The molecule has 0 aliphatic carbocycles. The highest BCUT2D eigenvalue weighted by Gasteiger charge is 2.12. The summed E-state index contributed by atoms with van der Waals surface area (Å²) in [6.45, 7) is 5.60. The van der Waals surface area contributed by atoms with E-state index in [1.807, 2.05) is 19.1 Å². The second-order valence-corrected chi connectivity index (χ2v) is 5.77. The molecule has 1 aliphatic heterocycles. The van der Waals surface area contributed by atoms with Gasteiger partial charge in [0.25, 0.3) is 0 Å². The molecule has 1 fully saturated rings. The van der Waals surface area contributed by atoms with Crippen molar-refractivity contribution < 1.29 is 4.79 Å². The monoisotopic (exact) mass is 237 g/mol. The number of hydrogen-bond donors (Lipinski definition) is 0. The minimum Gasteiger partial charge on any atom is -0.303 e. The summed E-state index contributed by atoms with van der Waals surface area (Å²) in [7, 11) is 0. The first-order valence-corrected chi connectivity index (χ1v) is 6.89. The van der Waals surface area contributed by atoms with Crippen LogP contribution in [0.3, 0.4) is 0 Å². The quantitative estimate of drug-likeness (QED) is 0.733. The molecule has 0 radical (unpaired) electrons. The van der Waals surface area contributed by atoms with Crippen molar-refractivity contribution in [1.29, 1.82) is 0 Å². The Bertz CT molecular complexity index is 353. The van der Waals surface area contributed by atoms with Crippen molar-refractivity contribution in [2.24, 2.45) is 0 Å². The zero-order valence-electron chi connectivity index (χ0n) is 9.87. The van der Waals surface area contributed by atoms with E-state index < -0.39 is 0 Å². The first-order chi connectivity index (χ1) is 7.75. The third-order valence-corrected chi connectivity index (χ3v) is 4.13. The molecular formula is C13H19NOS. The SMILES string of the molecule is Cc1ccc(C(=O)CCCN2CCCC2)s1. The summed E-state index contributed by atoms with van der Waals surface area (Å²) < 4.78 is 0. The molecule has 16 heavy (non-hydrogen) atoms. The van der Waals surface area contributed by atoms with Crippen molar-refractivity contribution in [1.82, 2.24) is 4.90 Å². The molecule has 0 spiro atoms. The molecule has 0 bridgehead atoms. The molecule has 1 aliphatic rings. The van der Waals surface area contributed by atoms with E-state index in [9.17, 15) is 4.79 Å². The summed E-state index contributed by atoms with van der Waals surface area (Å²) in [5.41, 5.74) is 0. The van der Waals surface area contributed by atoms with E-state index in [2.05, 4.69) is 4.90 Å². The van der Waals surface area contributed by atoms with E-state index >= 15 is 0 Å². The van der Waals surface area contributed by atoms with Gasteiger partial charge in [0.05, 0.1) is 4.88 Å². The Hall–Kier alpha value is -0.670. The van der Waals surface area contributed by atoms with Crippen molar-refractivity contribution in [2.45, 2.75) is 32.6 Å². The van der Waals surface area contributed by atoms with Gasteiger partial charge in [-0.05, 0) is 58.0 Å². The summed E-state index contributed by atoms with van der Waals surface area (Å²) in [4.78, 5) is 16.4. The third kappa shape index (κ3) is 3.16. The van der Waals surface area contributed by atoms with E-state index in [1.165, 1.54) is 30.8 Å². The Balaban J connectivity index is 1.71. The molecule has 0 aromatic carbocycles. The predicted molar refractivity (Wildman–Crippen MR) is 68.3 cm³/mol. The Kier molecular flexibility index (Phi) is 4.13. The second kappa shape index (κ2) is 5.60. The lowest BCUT2D eigenvalue weighted by atomic mass is 10.2. The fourth-order valence-corrected chi connectivity index (χ4v) is 3.01. The van der Waals surface area contributed by atoms with E-state index in [-0.39, 0.29) is 0 Å². The second-order valence-electron chi connectivity index (χ2n) is 4.49. The normalized spacial score (nSPS) is 16.8. The molecule has 3 heteroatoms. The lowest BCUT2D eigenvalue weighted by Crippen LogP contribution is -2.20. The van der Waals surface area contributed by atoms with Crippen LogP contribution in [0.2, 0.25) is 0 Å². The topological polar surface area (TPSA) is 20.3 Å². The van der Waals surface area contributed by atoms with E-state index in [1.54, 1.807) is 11.3 Å². The van der Waals surface area contributed by atoms with E-state index in [4.69, 9.17) is 0 Å². The van der Waals surface area contributed by atoms with Gasteiger partial charge < -0.3 is 4.90 Å². The third-order valence-electron chi connectivity index (χ3n) is 3.09. The van der Waals surface area contributed by atoms with Crippen LogP contribution < -0.4 is 0 Å². The highest BCUT2D eigenvalue weighted by Crippen LogP contribution is 2.18. The van der Waals surface area contributed by atoms with Crippen LogP contribution in [0.1, 0.15) is 40.2 Å². The molecule has 2 nitrogen and oxygen atoms in total. The number of thiophene rings is 1. The van der Waals surface area contributed by atoms with Gasteiger partial charge in [-0.3, -0.25) is 4.79 Å². The van der Waals surface area contributed by atoms with Crippen LogP contribution in [0.25, 0.3) is 0 Å². The molecule has 0 atom stereocenters. The minimum absolute atomic E-state index is 0.317. The molecule has 1 saturated heterocycles. The van der Waals surface area contributed by atoms with Gasteiger partial charge >= 0.3 is 0 Å². The number of rotatable bonds is 5. The Morgan fingerprint density at radius 3 is 2.75 bits per heavy atom. The van der Waals surface area contributed by atoms with Crippen LogP contribution in [0, 0.1) is 6.92 Å². The number of nitrogens with zero attached hydrogens (tertiary/aromatic N) is 1. The molecule has 2 rings (SSSR count). The molecule has 0 amide bonds. The summed E-state index contributed by atoms with van der Waals surface area (Å²) >= 11 is 1.62. The lowest BCUT2D eigenvalue weighted by molar-refractivity contribution is 0.0980. The molecule has 1 aromatic rings. The van der Waals surface area contributed by atoms with Crippen LogP contribution in [0.4, 0.5) is 0 Å². The molecule has 0 saturated carbocycles. The zero-order chi connectivity index (χ0) is 11.4. The summed E-state index contributed by atoms with van der Waals surface area (Å²) in [6, 6.07) is 3.98. The average Bonchev–Trinajstić information content (AvgIpc) is 2.89. The molecule has 0 unspecified atom stereocenters. The first kappa shape index (κ1) is 11.8. The van der Waals surface area contributed by atoms with Crippen LogP contribution in [-0.4, -0.2) is 30.3 Å². The summed E-state index contributed by atoms with van der Waals surface area (Å²) in [5, 5.41) is 0. The van der Waals surface area contributed by atoms with Gasteiger partial charge in [0.1, 0.15) is 0 Å². The smallest absolute Gasteiger partial charge is 0.172 e. The van der Waals surface area contributed by atoms with Gasteiger partial charge in [-0.15, -0.1) is 11.3 Å². The van der Waals surface area contributed by atoms with Gasteiger partial charge in [-0.25, -0.2) is 0 Å². The maximum atomic E-state index is 11.8. The fourth-order valence-electron chi connectivity index (χ4n) is 2.18. The lowest BCUT2D eigenvalue weighted by Gasteiger charge is -2.13. The largest absolute Gasteiger partial charge is 0.303 e. The number of aryl methyl sites for hydroxylation is 1. The standard InChI is InChI=1S/C13H19NOS/c1-11-6-7-13(16-11)12(15)5-4-10-14-8-2-3-9-14/h6-7H,2-5,8-10H2,1H3. The van der Waals surface area contributed by atoms with Gasteiger partial charge in [-0.2, -0.15) is 0 Å². The molecule has 88 valence electrons. The van der Waals surface area contributed by atoms with Gasteiger partial charge in [0.15, 0.2) is 5.78 Å². The fraction of sp³-hybridized carbons (Fsp3) is 0.615. The maximum absolute atomic E-state index is 11.8. The number of ketones is 1. The zero-order valence-corrected chi connectivity index (χ0v) is 10.7. The average molecular weight is 237 g/mol. The van der Waals surface area contributed by atoms with Crippen molar-refractivity contribution >= 4 is 17.1 Å².